The third kappa shape index (κ3) is 4.28. The van der Waals surface area contributed by atoms with Gasteiger partial charge in [0.2, 0.25) is 5.91 Å². The van der Waals surface area contributed by atoms with Crippen molar-refractivity contribution in [3.63, 3.8) is 0 Å². The van der Waals surface area contributed by atoms with E-state index < -0.39 is 0 Å². The maximum atomic E-state index is 12.7. The molecule has 2 heterocycles. The van der Waals surface area contributed by atoms with Crippen LogP contribution in [0.2, 0.25) is 0 Å². The minimum absolute atomic E-state index is 0.0114. The van der Waals surface area contributed by atoms with E-state index in [1.807, 2.05) is 41.9 Å². The van der Waals surface area contributed by atoms with Crippen molar-refractivity contribution < 1.29 is 9.53 Å². The van der Waals surface area contributed by atoms with Gasteiger partial charge in [-0.25, -0.2) is 4.98 Å². The quantitative estimate of drug-likeness (QED) is 0.676. The SMILES string of the molecule is CCn1nccc1CN(C)C(=O)Cc1sc(N)nc1-c1ccc(OC)cc1. The molecule has 1 amide bonds. The van der Waals surface area contributed by atoms with E-state index in [0.29, 0.717) is 11.7 Å². The Balaban J connectivity index is 1.75. The zero-order valence-corrected chi connectivity index (χ0v) is 16.5. The van der Waals surface area contributed by atoms with E-state index in [9.17, 15) is 4.79 Å². The third-order valence-corrected chi connectivity index (χ3v) is 5.20. The lowest BCUT2D eigenvalue weighted by Gasteiger charge is -2.17. The van der Waals surface area contributed by atoms with Crippen molar-refractivity contribution in [3.8, 4) is 17.0 Å². The number of carbonyl (C=O) groups excluding carboxylic acids is 1. The molecular formula is C19H23N5O2S. The lowest BCUT2D eigenvalue weighted by Crippen LogP contribution is -2.28. The van der Waals surface area contributed by atoms with E-state index in [4.69, 9.17) is 10.5 Å². The van der Waals surface area contributed by atoms with E-state index in [0.717, 1.165) is 34.1 Å². The van der Waals surface area contributed by atoms with Gasteiger partial charge in [0.15, 0.2) is 5.13 Å². The number of rotatable bonds is 7. The van der Waals surface area contributed by atoms with Gasteiger partial charge in [-0.05, 0) is 37.3 Å². The molecule has 0 bridgehead atoms. The largest absolute Gasteiger partial charge is 0.497 e. The molecule has 0 spiro atoms. The van der Waals surface area contributed by atoms with Crippen LogP contribution in [0.15, 0.2) is 36.5 Å². The summed E-state index contributed by atoms with van der Waals surface area (Å²) in [5, 5.41) is 4.70. The molecule has 0 radical (unpaired) electrons. The second-order valence-electron chi connectivity index (χ2n) is 6.12. The maximum Gasteiger partial charge on any atom is 0.228 e. The zero-order chi connectivity index (χ0) is 19.4. The van der Waals surface area contributed by atoms with Gasteiger partial charge in [0.25, 0.3) is 0 Å². The molecule has 27 heavy (non-hydrogen) atoms. The molecule has 8 heteroatoms. The summed E-state index contributed by atoms with van der Waals surface area (Å²) < 4.78 is 7.08. The highest BCUT2D eigenvalue weighted by atomic mass is 32.1. The minimum atomic E-state index is 0.0114. The number of likely N-dealkylation sites (N-methyl/N-ethyl adjacent to an activating group) is 1. The van der Waals surface area contributed by atoms with Gasteiger partial charge in [-0.3, -0.25) is 9.48 Å². The van der Waals surface area contributed by atoms with Gasteiger partial charge in [0.05, 0.1) is 31.5 Å². The maximum absolute atomic E-state index is 12.7. The molecule has 3 aromatic rings. The highest BCUT2D eigenvalue weighted by Gasteiger charge is 2.18. The number of thiazole rings is 1. The molecule has 0 fully saturated rings. The standard InChI is InChI=1S/C19H23N5O2S/c1-4-24-14(9-10-21-24)12-23(2)17(25)11-16-18(22-19(20)27-16)13-5-7-15(26-3)8-6-13/h5-10H,4,11-12H2,1-3H3,(H2,20,22). The lowest BCUT2D eigenvalue weighted by molar-refractivity contribution is -0.129. The molecule has 142 valence electrons. The fourth-order valence-corrected chi connectivity index (χ4v) is 3.69. The van der Waals surface area contributed by atoms with Crippen molar-refractivity contribution in [2.75, 3.05) is 19.9 Å². The van der Waals surface area contributed by atoms with Crippen LogP contribution in [-0.4, -0.2) is 39.7 Å². The Morgan fingerprint density at radius 1 is 1.30 bits per heavy atom. The molecule has 0 saturated carbocycles. The molecule has 0 aliphatic heterocycles. The van der Waals surface area contributed by atoms with Crippen LogP contribution < -0.4 is 10.5 Å². The fraction of sp³-hybridized carbons (Fsp3) is 0.316. The number of nitrogens with zero attached hydrogens (tertiary/aromatic N) is 4. The molecule has 7 nitrogen and oxygen atoms in total. The predicted molar refractivity (Wildman–Crippen MR) is 107 cm³/mol. The molecular weight excluding hydrogens is 362 g/mol. The smallest absolute Gasteiger partial charge is 0.228 e. The number of nitrogens with two attached hydrogens (primary N) is 1. The number of methoxy groups -OCH3 is 1. The Kier molecular flexibility index (Phi) is 5.75. The normalized spacial score (nSPS) is 10.8. The monoisotopic (exact) mass is 385 g/mol. The average molecular weight is 385 g/mol. The molecule has 2 N–H and O–H groups in total. The predicted octanol–water partition coefficient (Wildman–Crippen LogP) is 2.82. The number of benzene rings is 1. The first-order chi connectivity index (χ1) is 13.0. The number of carbonyl (C=O) groups is 1. The Hall–Kier alpha value is -2.87. The van der Waals surface area contributed by atoms with Crippen molar-refractivity contribution in [2.24, 2.45) is 0 Å². The summed E-state index contributed by atoms with van der Waals surface area (Å²) in [6.07, 6.45) is 2.01. The molecule has 3 rings (SSSR count). The summed E-state index contributed by atoms with van der Waals surface area (Å²) in [6.45, 7) is 3.32. The van der Waals surface area contributed by atoms with Crippen molar-refractivity contribution in [3.05, 3.63) is 47.1 Å². The second-order valence-corrected chi connectivity index (χ2v) is 7.23. The number of anilines is 1. The van der Waals surface area contributed by atoms with Crippen molar-refractivity contribution in [2.45, 2.75) is 26.4 Å². The van der Waals surface area contributed by atoms with E-state index in [2.05, 4.69) is 10.1 Å². The Morgan fingerprint density at radius 2 is 2.04 bits per heavy atom. The van der Waals surface area contributed by atoms with Crippen LogP contribution >= 0.6 is 11.3 Å². The first kappa shape index (κ1) is 18.9. The van der Waals surface area contributed by atoms with Gasteiger partial charge in [-0.15, -0.1) is 11.3 Å². The van der Waals surface area contributed by atoms with Crippen molar-refractivity contribution >= 4 is 22.4 Å². The Morgan fingerprint density at radius 3 is 2.70 bits per heavy atom. The number of nitrogen functional groups attached to an aromatic ring is 1. The summed E-state index contributed by atoms with van der Waals surface area (Å²) in [5.74, 6) is 0.782. The van der Waals surface area contributed by atoms with Gasteiger partial charge in [0, 0.05) is 30.2 Å². The van der Waals surface area contributed by atoms with Crippen molar-refractivity contribution in [1.29, 1.82) is 0 Å². The van der Waals surface area contributed by atoms with Gasteiger partial charge >= 0.3 is 0 Å². The minimum Gasteiger partial charge on any atom is -0.497 e. The van der Waals surface area contributed by atoms with Gasteiger partial charge in [0.1, 0.15) is 5.75 Å². The van der Waals surface area contributed by atoms with Crippen LogP contribution in [0.3, 0.4) is 0 Å². The van der Waals surface area contributed by atoms with Crippen LogP contribution in [0.5, 0.6) is 5.75 Å². The summed E-state index contributed by atoms with van der Waals surface area (Å²) in [6, 6.07) is 9.51. The number of ether oxygens (including phenoxy) is 1. The van der Waals surface area contributed by atoms with E-state index in [1.165, 1.54) is 11.3 Å². The highest BCUT2D eigenvalue weighted by Crippen LogP contribution is 2.31. The van der Waals surface area contributed by atoms with Crippen LogP contribution in [0.25, 0.3) is 11.3 Å². The van der Waals surface area contributed by atoms with Crippen molar-refractivity contribution in [1.82, 2.24) is 19.7 Å². The molecule has 1 aromatic carbocycles. The lowest BCUT2D eigenvalue weighted by atomic mass is 10.1. The van der Waals surface area contributed by atoms with Gasteiger partial charge in [-0.1, -0.05) is 0 Å². The van der Waals surface area contributed by atoms with Gasteiger partial charge in [-0.2, -0.15) is 5.10 Å². The summed E-state index contributed by atoms with van der Waals surface area (Å²) in [7, 11) is 3.42. The van der Waals surface area contributed by atoms with Crippen LogP contribution in [-0.2, 0) is 24.3 Å². The van der Waals surface area contributed by atoms with Crippen LogP contribution in [0.1, 0.15) is 17.5 Å². The fourth-order valence-electron chi connectivity index (χ4n) is 2.85. The van der Waals surface area contributed by atoms with Gasteiger partial charge < -0.3 is 15.4 Å². The summed E-state index contributed by atoms with van der Waals surface area (Å²) in [5.41, 5.74) is 8.59. The summed E-state index contributed by atoms with van der Waals surface area (Å²) >= 11 is 1.35. The number of hydrogen-bond acceptors (Lipinski definition) is 6. The van der Waals surface area contributed by atoms with E-state index in [1.54, 1.807) is 25.3 Å². The van der Waals surface area contributed by atoms with Crippen LogP contribution in [0, 0.1) is 0 Å². The number of amides is 1. The topological polar surface area (TPSA) is 86.3 Å². The molecule has 0 atom stereocenters. The summed E-state index contributed by atoms with van der Waals surface area (Å²) in [4.78, 5) is 19.7. The first-order valence-corrected chi connectivity index (χ1v) is 9.47. The molecule has 0 unspecified atom stereocenters. The number of hydrogen-bond donors (Lipinski definition) is 1. The molecule has 0 aliphatic rings. The second kappa shape index (κ2) is 8.22. The first-order valence-electron chi connectivity index (χ1n) is 8.66. The average Bonchev–Trinajstić information content (AvgIpc) is 3.27. The molecule has 0 saturated heterocycles. The third-order valence-electron chi connectivity index (χ3n) is 4.32. The van der Waals surface area contributed by atoms with E-state index in [-0.39, 0.29) is 12.3 Å². The molecule has 0 aliphatic carbocycles. The van der Waals surface area contributed by atoms with Crippen LogP contribution in [0.4, 0.5) is 5.13 Å². The Labute approximate surface area is 162 Å². The Bertz CT molecular complexity index is 917. The number of aromatic nitrogens is 3. The zero-order valence-electron chi connectivity index (χ0n) is 15.7. The number of aryl methyl sites for hydroxylation is 1. The highest BCUT2D eigenvalue weighted by molar-refractivity contribution is 7.15. The van der Waals surface area contributed by atoms with E-state index >= 15 is 0 Å². The molecule has 2 aromatic heterocycles.